The van der Waals surface area contributed by atoms with Crippen LogP contribution in [0.25, 0.3) is 11.4 Å². The number of carbonyl (C=O) groups excluding carboxylic acids is 1. The van der Waals surface area contributed by atoms with Crippen LogP contribution in [0.5, 0.6) is 0 Å². The quantitative estimate of drug-likeness (QED) is 0.559. The lowest BCUT2D eigenvalue weighted by Crippen LogP contribution is -2.19. The first kappa shape index (κ1) is 18.5. The normalized spacial score (nSPS) is 14.6. The molecule has 28 heavy (non-hydrogen) atoms. The molecule has 7 heteroatoms. The molecule has 1 aromatic heterocycles. The second-order valence-corrected chi connectivity index (χ2v) is 7.39. The van der Waals surface area contributed by atoms with Crippen molar-refractivity contribution in [3.63, 3.8) is 0 Å². The summed E-state index contributed by atoms with van der Waals surface area (Å²) in [7, 11) is 0. The molecule has 3 aromatic rings. The fraction of sp³-hybridized carbons (Fsp3) is 0.286. The minimum Gasteiger partial charge on any atom is -0.339 e. The summed E-state index contributed by atoms with van der Waals surface area (Å²) in [6, 6.07) is 14.0. The van der Waals surface area contributed by atoms with Crippen LogP contribution in [0.2, 0.25) is 5.02 Å². The van der Waals surface area contributed by atoms with Crippen molar-refractivity contribution < 1.29 is 9.32 Å². The van der Waals surface area contributed by atoms with Gasteiger partial charge >= 0.3 is 6.03 Å². The Hall–Kier alpha value is -2.86. The molecule has 0 spiro atoms. The van der Waals surface area contributed by atoms with Gasteiger partial charge in [0.05, 0.1) is 0 Å². The zero-order chi connectivity index (χ0) is 19.3. The van der Waals surface area contributed by atoms with Crippen LogP contribution in [-0.2, 0) is 0 Å². The van der Waals surface area contributed by atoms with E-state index in [0.717, 1.165) is 24.3 Å². The van der Waals surface area contributed by atoms with Crippen LogP contribution in [0.1, 0.15) is 43.9 Å². The van der Waals surface area contributed by atoms with E-state index in [1.807, 2.05) is 24.3 Å². The SMILES string of the molecule is O=C(Nc1ccc(-c2noc(C3CCCCC3)n2)cc1)Nc1cccc(Cl)c1. The van der Waals surface area contributed by atoms with Gasteiger partial charge in [-0.15, -0.1) is 0 Å². The van der Waals surface area contributed by atoms with E-state index in [-0.39, 0.29) is 6.03 Å². The second-order valence-electron chi connectivity index (χ2n) is 6.96. The summed E-state index contributed by atoms with van der Waals surface area (Å²) in [6.45, 7) is 0. The van der Waals surface area contributed by atoms with E-state index < -0.39 is 0 Å². The van der Waals surface area contributed by atoms with Gasteiger partial charge in [0, 0.05) is 27.9 Å². The molecule has 2 N–H and O–H groups in total. The first-order chi connectivity index (χ1) is 13.7. The van der Waals surface area contributed by atoms with E-state index in [1.54, 1.807) is 24.3 Å². The summed E-state index contributed by atoms with van der Waals surface area (Å²) in [5.41, 5.74) is 2.15. The molecule has 1 heterocycles. The third-order valence-electron chi connectivity index (χ3n) is 4.88. The summed E-state index contributed by atoms with van der Waals surface area (Å²) < 4.78 is 5.48. The van der Waals surface area contributed by atoms with Crippen molar-refractivity contribution >= 4 is 29.0 Å². The van der Waals surface area contributed by atoms with Gasteiger partial charge in [-0.3, -0.25) is 0 Å². The molecule has 4 rings (SSSR count). The van der Waals surface area contributed by atoms with Crippen molar-refractivity contribution in [2.75, 3.05) is 10.6 Å². The van der Waals surface area contributed by atoms with Gasteiger partial charge in [0.15, 0.2) is 0 Å². The number of rotatable bonds is 4. The summed E-state index contributed by atoms with van der Waals surface area (Å²) in [5.74, 6) is 1.69. The molecule has 1 aliphatic carbocycles. The van der Waals surface area contributed by atoms with Crippen LogP contribution in [0.15, 0.2) is 53.1 Å². The topological polar surface area (TPSA) is 80.1 Å². The summed E-state index contributed by atoms with van der Waals surface area (Å²) in [6.07, 6.45) is 5.97. The zero-order valence-corrected chi connectivity index (χ0v) is 16.1. The number of hydrogen-bond donors (Lipinski definition) is 2. The van der Waals surface area contributed by atoms with E-state index in [9.17, 15) is 4.79 Å². The maximum atomic E-state index is 12.1. The maximum absolute atomic E-state index is 12.1. The van der Waals surface area contributed by atoms with Crippen molar-refractivity contribution in [2.45, 2.75) is 38.0 Å². The number of nitrogens with one attached hydrogen (secondary N) is 2. The lowest BCUT2D eigenvalue weighted by atomic mass is 9.89. The Labute approximate surface area is 168 Å². The minimum atomic E-state index is -0.339. The van der Waals surface area contributed by atoms with Crippen LogP contribution in [0.4, 0.5) is 16.2 Å². The molecule has 0 aliphatic heterocycles. The Morgan fingerprint density at radius 2 is 1.75 bits per heavy atom. The van der Waals surface area contributed by atoms with Gasteiger partial charge in [-0.2, -0.15) is 4.98 Å². The minimum absolute atomic E-state index is 0.339. The van der Waals surface area contributed by atoms with Crippen LogP contribution in [-0.4, -0.2) is 16.2 Å². The van der Waals surface area contributed by atoms with Crippen molar-refractivity contribution in [1.29, 1.82) is 0 Å². The third kappa shape index (κ3) is 4.51. The first-order valence-corrected chi connectivity index (χ1v) is 9.83. The van der Waals surface area contributed by atoms with Crippen LogP contribution < -0.4 is 10.6 Å². The van der Waals surface area contributed by atoms with E-state index in [0.29, 0.717) is 28.1 Å². The van der Waals surface area contributed by atoms with E-state index in [2.05, 4.69) is 20.8 Å². The van der Waals surface area contributed by atoms with Crippen molar-refractivity contribution in [3.05, 3.63) is 59.4 Å². The predicted octanol–water partition coefficient (Wildman–Crippen LogP) is 6.08. The van der Waals surface area contributed by atoms with E-state index in [4.69, 9.17) is 16.1 Å². The number of benzene rings is 2. The van der Waals surface area contributed by atoms with Crippen molar-refractivity contribution in [3.8, 4) is 11.4 Å². The first-order valence-electron chi connectivity index (χ1n) is 9.45. The number of urea groups is 1. The molecule has 1 fully saturated rings. The van der Waals surface area contributed by atoms with E-state index >= 15 is 0 Å². The number of anilines is 2. The van der Waals surface area contributed by atoms with Crippen LogP contribution in [0.3, 0.4) is 0 Å². The Balaban J connectivity index is 1.38. The average Bonchev–Trinajstić information content (AvgIpc) is 3.19. The Kier molecular flexibility index (Phi) is 5.58. The highest BCUT2D eigenvalue weighted by Crippen LogP contribution is 2.32. The highest BCUT2D eigenvalue weighted by atomic mass is 35.5. The Bertz CT molecular complexity index is 949. The van der Waals surface area contributed by atoms with Gasteiger partial charge in [-0.25, -0.2) is 4.79 Å². The van der Waals surface area contributed by atoms with Crippen LogP contribution >= 0.6 is 11.6 Å². The highest BCUT2D eigenvalue weighted by molar-refractivity contribution is 6.30. The van der Waals surface area contributed by atoms with Gasteiger partial charge in [0.25, 0.3) is 0 Å². The number of aromatic nitrogens is 2. The molecule has 6 nitrogen and oxygen atoms in total. The van der Waals surface area contributed by atoms with Crippen molar-refractivity contribution in [2.24, 2.45) is 0 Å². The van der Waals surface area contributed by atoms with Gasteiger partial charge < -0.3 is 15.2 Å². The number of nitrogens with zero attached hydrogens (tertiary/aromatic N) is 2. The Morgan fingerprint density at radius 3 is 2.50 bits per heavy atom. The molecule has 0 radical (unpaired) electrons. The molecular weight excluding hydrogens is 376 g/mol. The number of hydrogen-bond acceptors (Lipinski definition) is 4. The average molecular weight is 397 g/mol. The third-order valence-corrected chi connectivity index (χ3v) is 5.11. The molecule has 0 saturated heterocycles. The van der Waals surface area contributed by atoms with E-state index in [1.165, 1.54) is 19.3 Å². The monoisotopic (exact) mass is 396 g/mol. The maximum Gasteiger partial charge on any atom is 0.323 e. The Morgan fingerprint density at radius 1 is 1.00 bits per heavy atom. The molecule has 0 bridgehead atoms. The molecule has 2 aromatic carbocycles. The molecular formula is C21H21ClN4O2. The van der Waals surface area contributed by atoms with Gasteiger partial charge in [0.1, 0.15) is 0 Å². The molecule has 0 atom stereocenters. The van der Waals surface area contributed by atoms with Crippen LogP contribution in [0, 0.1) is 0 Å². The highest BCUT2D eigenvalue weighted by Gasteiger charge is 2.21. The van der Waals surface area contributed by atoms with Gasteiger partial charge in [-0.05, 0) is 55.3 Å². The second kappa shape index (κ2) is 8.44. The predicted molar refractivity (Wildman–Crippen MR) is 110 cm³/mol. The largest absolute Gasteiger partial charge is 0.339 e. The summed E-state index contributed by atoms with van der Waals surface area (Å²) >= 11 is 5.92. The van der Waals surface area contributed by atoms with Crippen molar-refractivity contribution in [1.82, 2.24) is 10.1 Å². The molecule has 144 valence electrons. The van der Waals surface area contributed by atoms with Gasteiger partial charge in [-0.1, -0.05) is 42.1 Å². The number of halogens is 1. The zero-order valence-electron chi connectivity index (χ0n) is 15.3. The fourth-order valence-electron chi connectivity index (χ4n) is 3.43. The number of amides is 2. The summed E-state index contributed by atoms with van der Waals surface area (Å²) in [5, 5.41) is 10.2. The lowest BCUT2D eigenvalue weighted by Gasteiger charge is -2.17. The smallest absolute Gasteiger partial charge is 0.323 e. The molecule has 0 unspecified atom stereocenters. The fourth-order valence-corrected chi connectivity index (χ4v) is 3.62. The standard InChI is InChI=1S/C21H21ClN4O2/c22-16-7-4-8-18(13-16)24-21(27)23-17-11-9-14(10-12-17)19-25-20(28-26-19)15-5-2-1-3-6-15/h4,7-13,15H,1-3,5-6H2,(H2,23,24,27). The lowest BCUT2D eigenvalue weighted by molar-refractivity contribution is 0.262. The van der Waals surface area contributed by atoms with Gasteiger partial charge in [0.2, 0.25) is 11.7 Å². The molecule has 1 saturated carbocycles. The molecule has 2 amide bonds. The molecule has 1 aliphatic rings. The number of carbonyl (C=O) groups is 1. The summed E-state index contributed by atoms with van der Waals surface area (Å²) in [4.78, 5) is 16.7.